The minimum absolute atomic E-state index is 0.198. The van der Waals surface area contributed by atoms with E-state index in [1.165, 1.54) is 20.3 Å². The van der Waals surface area contributed by atoms with E-state index in [-0.39, 0.29) is 17.3 Å². The largest absolute Gasteiger partial charge is 0.490 e. The van der Waals surface area contributed by atoms with E-state index < -0.39 is 0 Å². The molecule has 10 nitrogen and oxygen atoms in total. The van der Waals surface area contributed by atoms with E-state index in [4.69, 9.17) is 14.7 Å². The van der Waals surface area contributed by atoms with Crippen LogP contribution in [0, 0.1) is 10.8 Å². The van der Waals surface area contributed by atoms with Gasteiger partial charge in [0.1, 0.15) is 5.82 Å². The molecule has 1 amide bonds. The maximum atomic E-state index is 12.7. The lowest BCUT2D eigenvalue weighted by Gasteiger charge is -2.29. The molecule has 36 heavy (non-hydrogen) atoms. The molecule has 1 saturated carbocycles. The third-order valence-corrected chi connectivity index (χ3v) is 6.54. The number of fused-ring (bicyclic) bond motifs is 1. The monoisotopic (exact) mass is 493 g/mol. The van der Waals surface area contributed by atoms with Gasteiger partial charge in [0.05, 0.1) is 17.5 Å². The van der Waals surface area contributed by atoms with E-state index in [1.807, 2.05) is 43.3 Å². The first-order chi connectivity index (χ1) is 17.4. The number of amides is 1. The number of carbonyl (C=O) groups is 1. The average molecular weight is 494 g/mol. The summed E-state index contributed by atoms with van der Waals surface area (Å²) in [4.78, 5) is 40.9. The zero-order valence-electron chi connectivity index (χ0n) is 21.2. The van der Waals surface area contributed by atoms with Crippen LogP contribution < -0.4 is 20.3 Å². The summed E-state index contributed by atoms with van der Waals surface area (Å²) in [6.07, 6.45) is 3.94. The summed E-state index contributed by atoms with van der Waals surface area (Å²) in [6, 6.07) is 13.0. The molecule has 2 N–H and O–H groups in total. The third-order valence-electron chi connectivity index (χ3n) is 6.54. The van der Waals surface area contributed by atoms with Crippen molar-refractivity contribution in [1.29, 1.82) is 0 Å². The summed E-state index contributed by atoms with van der Waals surface area (Å²) in [7, 11) is 6.69. The number of para-hydroxylation sites is 1. The van der Waals surface area contributed by atoms with Crippen LogP contribution in [0.15, 0.2) is 42.5 Å². The fourth-order valence-corrected chi connectivity index (χ4v) is 4.57. The molecule has 1 aliphatic carbocycles. The smallest absolute Gasteiger partial charge is 0.358 e. The van der Waals surface area contributed by atoms with Crippen molar-refractivity contribution in [1.82, 2.24) is 15.3 Å². The van der Waals surface area contributed by atoms with Gasteiger partial charge in [-0.25, -0.2) is 9.82 Å². The highest BCUT2D eigenvalue weighted by atomic mass is 16.8. The van der Waals surface area contributed by atoms with Crippen molar-refractivity contribution < 1.29 is 19.3 Å². The number of ether oxygens (including phenoxy) is 1. The van der Waals surface area contributed by atoms with Crippen LogP contribution >= 0.6 is 0 Å². The van der Waals surface area contributed by atoms with Gasteiger partial charge in [0.25, 0.3) is 10.8 Å². The van der Waals surface area contributed by atoms with Crippen molar-refractivity contribution in [3.05, 3.63) is 52.9 Å². The summed E-state index contributed by atoms with van der Waals surface area (Å²) < 4.78 is 5.24. The summed E-state index contributed by atoms with van der Waals surface area (Å²) in [5, 5.41) is 7.57. The second-order valence-electron chi connectivity index (χ2n) is 9.18. The fraction of sp³-hybridized carbons (Fsp3) is 0.423. The van der Waals surface area contributed by atoms with Gasteiger partial charge >= 0.3 is 5.69 Å². The highest BCUT2D eigenvalue weighted by Crippen LogP contribution is 2.30. The van der Waals surface area contributed by atoms with Crippen molar-refractivity contribution in [3.8, 4) is 5.75 Å². The number of hydrogen-bond donors (Lipinski definition) is 2. The molecule has 10 heteroatoms. The van der Waals surface area contributed by atoms with Gasteiger partial charge in [-0.3, -0.25) is 4.79 Å². The molecule has 1 aliphatic rings. The Kier molecular flexibility index (Phi) is 7.82. The highest BCUT2D eigenvalue weighted by Gasteiger charge is 2.25. The number of nitrogens with zero attached hydrogens (tertiary/aromatic N) is 4. The van der Waals surface area contributed by atoms with Gasteiger partial charge in [0.2, 0.25) is 11.7 Å². The van der Waals surface area contributed by atoms with Crippen LogP contribution in [0.2, 0.25) is 0 Å². The Morgan fingerprint density at radius 2 is 1.83 bits per heavy atom. The van der Waals surface area contributed by atoms with Crippen LogP contribution in [-0.2, 0) is 4.84 Å². The van der Waals surface area contributed by atoms with Gasteiger partial charge in [-0.1, -0.05) is 12.1 Å². The number of methoxy groups -OCH3 is 1. The zero-order valence-corrected chi connectivity index (χ0v) is 21.2. The Bertz CT molecular complexity index is 1240. The molecule has 0 unspecified atom stereocenters. The molecule has 3 aromatic rings. The van der Waals surface area contributed by atoms with Crippen LogP contribution in [0.5, 0.6) is 5.75 Å². The number of aromatic nitrogens is 2. The third kappa shape index (κ3) is 5.64. The molecule has 0 spiro atoms. The first-order valence-electron chi connectivity index (χ1n) is 12.1. The standard InChI is InChI=1S/C26H32N6O4/c1-31(2)24-20-7-5-6-8-21(20)29-26(30-24)28-19-12-9-17(10-13-19)16-27-25(33)18-11-14-22(32(34)36-4)23(15-18)35-3/h5-8,11,14-15,17,19H,9-10,12-13,16H2,1-4H3,(H-,27,28,29,30,33)/p+1. The molecular formula is C26H33N6O4+. The van der Waals surface area contributed by atoms with Crippen molar-refractivity contribution >= 4 is 34.3 Å². The molecule has 0 saturated heterocycles. The van der Waals surface area contributed by atoms with Gasteiger partial charge in [-0.15, -0.1) is 0 Å². The van der Waals surface area contributed by atoms with E-state index in [2.05, 4.69) is 15.5 Å². The van der Waals surface area contributed by atoms with Crippen molar-refractivity contribution in [2.75, 3.05) is 45.1 Å². The van der Waals surface area contributed by atoms with Gasteiger partial charge in [-0.05, 0) is 49.8 Å². The minimum atomic E-state index is -0.198. The van der Waals surface area contributed by atoms with Crippen LogP contribution in [0.25, 0.3) is 10.9 Å². The predicted octanol–water partition coefficient (Wildman–Crippen LogP) is 4.08. The summed E-state index contributed by atoms with van der Waals surface area (Å²) >= 11 is 0. The maximum absolute atomic E-state index is 12.7. The molecule has 190 valence electrons. The lowest BCUT2D eigenvalue weighted by Crippen LogP contribution is -2.34. The minimum Gasteiger partial charge on any atom is -0.490 e. The molecule has 1 fully saturated rings. The van der Waals surface area contributed by atoms with Crippen molar-refractivity contribution in [2.45, 2.75) is 31.7 Å². The Morgan fingerprint density at radius 1 is 1.08 bits per heavy atom. The van der Waals surface area contributed by atoms with Gasteiger partial charge in [0.15, 0.2) is 7.11 Å². The molecular weight excluding hydrogens is 460 g/mol. The summed E-state index contributed by atoms with van der Waals surface area (Å²) in [5.74, 6) is 2.02. The summed E-state index contributed by atoms with van der Waals surface area (Å²) in [6.45, 7) is 0.596. The Labute approximate surface area is 210 Å². The Balaban J connectivity index is 1.31. The van der Waals surface area contributed by atoms with Crippen LogP contribution in [0.3, 0.4) is 0 Å². The Hall–Kier alpha value is -3.95. The first kappa shape index (κ1) is 25.2. The first-order valence-corrected chi connectivity index (χ1v) is 12.1. The van der Waals surface area contributed by atoms with E-state index in [0.717, 1.165) is 42.4 Å². The van der Waals surface area contributed by atoms with E-state index >= 15 is 0 Å². The van der Waals surface area contributed by atoms with Crippen molar-refractivity contribution in [3.63, 3.8) is 0 Å². The van der Waals surface area contributed by atoms with Crippen LogP contribution in [0.4, 0.5) is 17.5 Å². The predicted molar refractivity (Wildman–Crippen MR) is 139 cm³/mol. The van der Waals surface area contributed by atoms with E-state index in [9.17, 15) is 9.70 Å². The SMILES string of the molecule is COc1cc(C(=O)NCC2CCC(Nc3nc(N(C)C)c4ccccc4n3)CC2)ccc1[N+](=O)OC. The molecule has 1 heterocycles. The lowest BCUT2D eigenvalue weighted by atomic mass is 9.86. The number of benzene rings is 2. The second-order valence-corrected chi connectivity index (χ2v) is 9.18. The molecule has 2 aromatic carbocycles. The normalized spacial score (nSPS) is 17.3. The zero-order chi connectivity index (χ0) is 25.7. The van der Waals surface area contributed by atoms with Crippen LogP contribution in [0.1, 0.15) is 36.0 Å². The molecule has 0 atom stereocenters. The molecule has 0 aliphatic heterocycles. The number of carbonyl (C=O) groups excluding carboxylic acids is 1. The average Bonchev–Trinajstić information content (AvgIpc) is 2.91. The molecule has 1 aromatic heterocycles. The van der Waals surface area contributed by atoms with E-state index in [0.29, 0.717) is 34.9 Å². The topological polar surface area (TPSA) is 109 Å². The maximum Gasteiger partial charge on any atom is 0.358 e. The second kappa shape index (κ2) is 11.2. The van der Waals surface area contributed by atoms with Gasteiger partial charge in [0, 0.05) is 49.8 Å². The fourth-order valence-electron chi connectivity index (χ4n) is 4.57. The number of hydrogen-bond acceptors (Lipinski definition) is 8. The number of anilines is 2. The molecule has 4 rings (SSSR count). The van der Waals surface area contributed by atoms with E-state index in [1.54, 1.807) is 12.1 Å². The number of rotatable bonds is 9. The number of nitrogens with one attached hydrogen (secondary N) is 2. The van der Waals surface area contributed by atoms with Gasteiger partial charge < -0.3 is 20.3 Å². The molecule has 0 bridgehead atoms. The van der Waals surface area contributed by atoms with Crippen LogP contribution in [-0.4, -0.2) is 61.7 Å². The lowest BCUT2D eigenvalue weighted by molar-refractivity contribution is -0.736. The quantitative estimate of drug-likeness (QED) is 0.429. The highest BCUT2D eigenvalue weighted by molar-refractivity contribution is 5.95. The van der Waals surface area contributed by atoms with Crippen molar-refractivity contribution in [2.24, 2.45) is 5.92 Å². The molecule has 0 radical (unpaired) electrons. The van der Waals surface area contributed by atoms with Gasteiger partial charge in [-0.2, -0.15) is 4.98 Å². The summed E-state index contributed by atoms with van der Waals surface area (Å²) in [5.41, 5.74) is 1.56. The Morgan fingerprint density at radius 3 is 2.53 bits per heavy atom.